The van der Waals surface area contributed by atoms with E-state index < -0.39 is 0 Å². The second-order valence-corrected chi connectivity index (χ2v) is 6.03. The van der Waals surface area contributed by atoms with E-state index in [9.17, 15) is 0 Å². The Bertz CT molecular complexity index is 235. The molecule has 0 radical (unpaired) electrons. The number of nitrogens with two attached hydrogens (primary N) is 1. The van der Waals surface area contributed by atoms with E-state index in [0.717, 1.165) is 13.1 Å². The number of hydrogen-bond donors (Lipinski definition) is 1. The van der Waals surface area contributed by atoms with Gasteiger partial charge in [0, 0.05) is 20.2 Å². The maximum absolute atomic E-state index is 5.93. The molecule has 0 bridgehead atoms. The summed E-state index contributed by atoms with van der Waals surface area (Å²) in [4.78, 5) is 2.57. The first-order valence-electron chi connectivity index (χ1n) is 6.59. The van der Waals surface area contributed by atoms with Crippen molar-refractivity contribution in [3.63, 3.8) is 0 Å². The third-order valence-corrected chi connectivity index (χ3v) is 4.64. The molecule has 3 heteroatoms. The van der Waals surface area contributed by atoms with Gasteiger partial charge in [0.1, 0.15) is 0 Å². The summed E-state index contributed by atoms with van der Waals surface area (Å²) in [5, 5.41) is 0. The van der Waals surface area contributed by atoms with E-state index in [1.54, 1.807) is 0 Å². The molecule has 0 aromatic carbocycles. The first kappa shape index (κ1) is 12.3. The monoisotopic (exact) mass is 226 g/mol. The first-order chi connectivity index (χ1) is 7.61. The minimum atomic E-state index is 0.0672. The summed E-state index contributed by atoms with van der Waals surface area (Å²) in [5.74, 6) is 0. The number of methoxy groups -OCH3 is 1. The topological polar surface area (TPSA) is 38.5 Å². The van der Waals surface area contributed by atoms with Gasteiger partial charge in [0.2, 0.25) is 0 Å². The van der Waals surface area contributed by atoms with Crippen molar-refractivity contribution in [2.45, 2.75) is 44.6 Å². The quantitative estimate of drug-likeness (QED) is 0.791. The van der Waals surface area contributed by atoms with Gasteiger partial charge in [0.05, 0.1) is 5.60 Å². The summed E-state index contributed by atoms with van der Waals surface area (Å²) in [5.41, 5.74) is 6.43. The lowest BCUT2D eigenvalue weighted by Gasteiger charge is -2.48. The molecule has 2 fully saturated rings. The van der Waals surface area contributed by atoms with Crippen molar-refractivity contribution in [3.8, 4) is 0 Å². The molecule has 1 aliphatic carbocycles. The maximum atomic E-state index is 5.93. The van der Waals surface area contributed by atoms with E-state index in [1.165, 1.54) is 45.2 Å². The van der Waals surface area contributed by atoms with E-state index >= 15 is 0 Å². The summed E-state index contributed by atoms with van der Waals surface area (Å²) in [6.07, 6.45) is 6.46. The number of piperidine rings is 1. The molecule has 1 saturated heterocycles. The predicted octanol–water partition coefficient (Wildman–Crippen LogP) is 1.62. The minimum Gasteiger partial charge on any atom is -0.377 e. The third kappa shape index (κ3) is 2.41. The number of nitrogens with zero attached hydrogens (tertiary/aromatic N) is 1. The van der Waals surface area contributed by atoms with Gasteiger partial charge in [-0.2, -0.15) is 0 Å². The molecular weight excluding hydrogens is 200 g/mol. The van der Waals surface area contributed by atoms with Gasteiger partial charge in [-0.25, -0.2) is 0 Å². The van der Waals surface area contributed by atoms with Crippen LogP contribution in [0.1, 0.15) is 39.0 Å². The van der Waals surface area contributed by atoms with Gasteiger partial charge < -0.3 is 10.5 Å². The van der Waals surface area contributed by atoms with Crippen LogP contribution in [-0.2, 0) is 4.74 Å². The second kappa shape index (κ2) is 4.63. The molecule has 2 aliphatic rings. The molecule has 0 spiro atoms. The third-order valence-electron chi connectivity index (χ3n) is 4.64. The van der Waals surface area contributed by atoms with Crippen LogP contribution in [0.25, 0.3) is 0 Å². The zero-order valence-electron chi connectivity index (χ0n) is 10.8. The Morgan fingerprint density at radius 3 is 2.50 bits per heavy atom. The molecule has 94 valence electrons. The SMILES string of the molecule is COC1(C)CCCN(CC2(CN)CCC2)C1. The highest BCUT2D eigenvalue weighted by Crippen LogP contribution is 2.41. The van der Waals surface area contributed by atoms with Crippen molar-refractivity contribution in [3.05, 3.63) is 0 Å². The molecule has 0 amide bonds. The summed E-state index contributed by atoms with van der Waals surface area (Å²) in [6.45, 7) is 6.57. The highest BCUT2D eigenvalue weighted by atomic mass is 16.5. The molecule has 0 aromatic rings. The van der Waals surface area contributed by atoms with Crippen molar-refractivity contribution in [1.29, 1.82) is 0 Å². The number of likely N-dealkylation sites (tertiary alicyclic amines) is 1. The molecule has 3 nitrogen and oxygen atoms in total. The van der Waals surface area contributed by atoms with E-state index in [2.05, 4.69) is 11.8 Å². The van der Waals surface area contributed by atoms with Crippen LogP contribution in [0.15, 0.2) is 0 Å². The van der Waals surface area contributed by atoms with Crippen LogP contribution in [-0.4, -0.2) is 43.8 Å². The van der Waals surface area contributed by atoms with Gasteiger partial charge in [0.15, 0.2) is 0 Å². The summed E-state index contributed by atoms with van der Waals surface area (Å²) >= 11 is 0. The summed E-state index contributed by atoms with van der Waals surface area (Å²) in [6, 6.07) is 0. The zero-order valence-corrected chi connectivity index (χ0v) is 10.8. The molecule has 1 heterocycles. The smallest absolute Gasteiger partial charge is 0.0777 e. The van der Waals surface area contributed by atoms with Crippen molar-refractivity contribution in [1.82, 2.24) is 4.90 Å². The first-order valence-corrected chi connectivity index (χ1v) is 6.59. The predicted molar refractivity (Wildman–Crippen MR) is 66.4 cm³/mol. The van der Waals surface area contributed by atoms with Crippen molar-refractivity contribution in [2.75, 3.05) is 33.3 Å². The molecule has 1 aliphatic heterocycles. The largest absolute Gasteiger partial charge is 0.377 e. The lowest BCUT2D eigenvalue weighted by atomic mass is 9.68. The fourth-order valence-corrected chi connectivity index (χ4v) is 3.19. The average Bonchev–Trinajstić information content (AvgIpc) is 2.24. The minimum absolute atomic E-state index is 0.0672. The zero-order chi connectivity index (χ0) is 11.6. The van der Waals surface area contributed by atoms with Crippen LogP contribution in [0.5, 0.6) is 0 Å². The molecule has 1 atom stereocenters. The number of ether oxygens (including phenoxy) is 1. The van der Waals surface area contributed by atoms with Crippen molar-refractivity contribution < 1.29 is 4.74 Å². The van der Waals surface area contributed by atoms with Crippen LogP contribution in [0, 0.1) is 5.41 Å². The second-order valence-electron chi connectivity index (χ2n) is 6.03. The molecule has 1 saturated carbocycles. The lowest BCUT2D eigenvalue weighted by Crippen LogP contribution is -2.53. The standard InChI is InChI=1S/C13H26N2O/c1-12(16-2)5-4-8-15(10-12)11-13(9-14)6-3-7-13/h3-11,14H2,1-2H3. The Morgan fingerprint density at radius 1 is 1.25 bits per heavy atom. The lowest BCUT2D eigenvalue weighted by molar-refractivity contribution is -0.0652. The normalized spacial score (nSPS) is 34.7. The molecule has 0 aromatic heterocycles. The number of hydrogen-bond acceptors (Lipinski definition) is 3. The van der Waals surface area contributed by atoms with Crippen molar-refractivity contribution in [2.24, 2.45) is 11.1 Å². The Kier molecular flexibility index (Phi) is 3.57. The average molecular weight is 226 g/mol. The van der Waals surface area contributed by atoms with Gasteiger partial charge in [-0.05, 0) is 51.1 Å². The number of rotatable bonds is 4. The van der Waals surface area contributed by atoms with Crippen LogP contribution in [0.2, 0.25) is 0 Å². The highest BCUT2D eigenvalue weighted by Gasteiger charge is 2.39. The van der Waals surface area contributed by atoms with Gasteiger partial charge >= 0.3 is 0 Å². The van der Waals surface area contributed by atoms with E-state index in [1.807, 2.05) is 7.11 Å². The molecule has 2 N–H and O–H groups in total. The molecule has 16 heavy (non-hydrogen) atoms. The Morgan fingerprint density at radius 2 is 2.00 bits per heavy atom. The van der Waals surface area contributed by atoms with Gasteiger partial charge in [-0.15, -0.1) is 0 Å². The van der Waals surface area contributed by atoms with Crippen LogP contribution < -0.4 is 5.73 Å². The van der Waals surface area contributed by atoms with E-state index in [4.69, 9.17) is 10.5 Å². The molecule has 1 unspecified atom stereocenters. The Labute approximate surface area is 99.3 Å². The van der Waals surface area contributed by atoms with Gasteiger partial charge in [0.25, 0.3) is 0 Å². The van der Waals surface area contributed by atoms with Crippen LogP contribution in [0.4, 0.5) is 0 Å². The summed E-state index contributed by atoms with van der Waals surface area (Å²) in [7, 11) is 1.84. The van der Waals surface area contributed by atoms with E-state index in [0.29, 0.717) is 5.41 Å². The fraction of sp³-hybridized carbons (Fsp3) is 1.00. The Hall–Kier alpha value is -0.120. The summed E-state index contributed by atoms with van der Waals surface area (Å²) < 4.78 is 5.64. The van der Waals surface area contributed by atoms with Gasteiger partial charge in [-0.1, -0.05) is 6.42 Å². The van der Waals surface area contributed by atoms with Crippen LogP contribution in [0.3, 0.4) is 0 Å². The van der Waals surface area contributed by atoms with Gasteiger partial charge in [-0.3, -0.25) is 4.90 Å². The highest BCUT2D eigenvalue weighted by molar-refractivity contribution is 4.94. The van der Waals surface area contributed by atoms with E-state index in [-0.39, 0.29) is 5.60 Å². The fourth-order valence-electron chi connectivity index (χ4n) is 3.19. The molecular formula is C13H26N2O. The van der Waals surface area contributed by atoms with Crippen molar-refractivity contribution >= 4 is 0 Å². The van der Waals surface area contributed by atoms with Crippen LogP contribution >= 0.6 is 0 Å². The molecule has 2 rings (SSSR count). The maximum Gasteiger partial charge on any atom is 0.0777 e. The Balaban J connectivity index is 1.90.